The van der Waals surface area contributed by atoms with Crippen LogP contribution in [0.2, 0.25) is 0 Å². The van der Waals surface area contributed by atoms with E-state index in [1.807, 2.05) is 7.05 Å². The molecule has 1 unspecified atom stereocenters. The molecule has 5 heteroatoms. The predicted molar refractivity (Wildman–Crippen MR) is 64.5 cm³/mol. The van der Waals surface area contributed by atoms with E-state index in [1.165, 1.54) is 12.1 Å². The lowest BCUT2D eigenvalue weighted by atomic mass is 10.0. The first-order valence-corrected chi connectivity index (χ1v) is 5.79. The third-order valence-electron chi connectivity index (χ3n) is 2.84. The number of methoxy groups -OCH3 is 1. The van der Waals surface area contributed by atoms with E-state index in [9.17, 15) is 13.2 Å². The topological polar surface area (TPSA) is 21.3 Å². The van der Waals surface area contributed by atoms with Gasteiger partial charge in [0.1, 0.15) is 0 Å². The summed E-state index contributed by atoms with van der Waals surface area (Å²) in [6.07, 6.45) is -2.75. The average Bonchev–Trinajstić information content (AvgIpc) is 2.34. The highest BCUT2D eigenvalue weighted by atomic mass is 19.4. The van der Waals surface area contributed by atoms with Crippen LogP contribution in [0.15, 0.2) is 24.3 Å². The summed E-state index contributed by atoms with van der Waals surface area (Å²) in [6.45, 7) is 0.631. The van der Waals surface area contributed by atoms with Gasteiger partial charge in [-0.3, -0.25) is 0 Å². The molecule has 0 saturated heterocycles. The van der Waals surface area contributed by atoms with Gasteiger partial charge in [0.25, 0.3) is 0 Å². The number of hydrogen-bond acceptors (Lipinski definition) is 2. The first-order chi connectivity index (χ1) is 8.47. The fourth-order valence-corrected chi connectivity index (χ4v) is 1.72. The number of nitrogens with one attached hydrogen (secondary N) is 1. The van der Waals surface area contributed by atoms with E-state index in [1.54, 1.807) is 7.11 Å². The quantitative estimate of drug-likeness (QED) is 0.850. The first kappa shape index (κ1) is 15.0. The maximum atomic E-state index is 12.4. The molecule has 0 aliphatic heterocycles. The molecule has 0 heterocycles. The standard InChI is InChI=1S/C13H18F3NO/c1-17-12(7-8-18-2)9-10-3-5-11(6-4-10)13(14,15)16/h3-6,12,17H,7-9H2,1-2H3. The van der Waals surface area contributed by atoms with Gasteiger partial charge in [0, 0.05) is 19.8 Å². The van der Waals surface area contributed by atoms with Gasteiger partial charge < -0.3 is 10.1 Å². The van der Waals surface area contributed by atoms with Crippen LogP contribution < -0.4 is 5.32 Å². The zero-order valence-corrected chi connectivity index (χ0v) is 10.6. The van der Waals surface area contributed by atoms with Gasteiger partial charge in [0.05, 0.1) is 5.56 Å². The largest absolute Gasteiger partial charge is 0.416 e. The Labute approximate surface area is 105 Å². The highest BCUT2D eigenvalue weighted by molar-refractivity contribution is 5.25. The van der Waals surface area contributed by atoms with Gasteiger partial charge in [-0.15, -0.1) is 0 Å². The smallest absolute Gasteiger partial charge is 0.385 e. The van der Waals surface area contributed by atoms with Crippen molar-refractivity contribution in [1.82, 2.24) is 5.32 Å². The van der Waals surface area contributed by atoms with E-state index in [2.05, 4.69) is 5.32 Å². The van der Waals surface area contributed by atoms with Gasteiger partial charge in [0.2, 0.25) is 0 Å². The molecular weight excluding hydrogens is 243 g/mol. The maximum absolute atomic E-state index is 12.4. The van der Waals surface area contributed by atoms with Crippen molar-refractivity contribution in [2.24, 2.45) is 0 Å². The van der Waals surface area contributed by atoms with Crippen molar-refractivity contribution in [3.8, 4) is 0 Å². The molecule has 0 aliphatic rings. The fourth-order valence-electron chi connectivity index (χ4n) is 1.72. The summed E-state index contributed by atoms with van der Waals surface area (Å²) in [6, 6.07) is 5.51. The van der Waals surface area contributed by atoms with E-state index in [0.717, 1.165) is 24.1 Å². The lowest BCUT2D eigenvalue weighted by Crippen LogP contribution is -2.28. The Bertz CT molecular complexity index is 348. The minimum absolute atomic E-state index is 0.210. The van der Waals surface area contributed by atoms with Crippen LogP contribution >= 0.6 is 0 Å². The third-order valence-corrected chi connectivity index (χ3v) is 2.84. The Hall–Kier alpha value is -1.07. The molecule has 0 aliphatic carbocycles. The zero-order valence-electron chi connectivity index (χ0n) is 10.6. The third kappa shape index (κ3) is 4.66. The molecule has 0 saturated carbocycles. The minimum atomic E-state index is -4.27. The van der Waals surface area contributed by atoms with Crippen LogP contribution in [0.3, 0.4) is 0 Å². The fraction of sp³-hybridized carbons (Fsp3) is 0.538. The molecule has 1 rings (SSSR count). The lowest BCUT2D eigenvalue weighted by molar-refractivity contribution is -0.137. The Balaban J connectivity index is 2.62. The average molecular weight is 261 g/mol. The van der Waals surface area contributed by atoms with Crippen molar-refractivity contribution in [2.45, 2.75) is 25.1 Å². The highest BCUT2D eigenvalue weighted by Crippen LogP contribution is 2.29. The lowest BCUT2D eigenvalue weighted by Gasteiger charge is -2.16. The van der Waals surface area contributed by atoms with Crippen LogP contribution in [-0.2, 0) is 17.3 Å². The molecule has 1 atom stereocenters. The number of alkyl halides is 3. The maximum Gasteiger partial charge on any atom is 0.416 e. The number of rotatable bonds is 6. The Morgan fingerprint density at radius 3 is 2.28 bits per heavy atom. The van der Waals surface area contributed by atoms with Crippen molar-refractivity contribution >= 4 is 0 Å². The van der Waals surface area contributed by atoms with Gasteiger partial charge in [-0.1, -0.05) is 12.1 Å². The molecule has 0 bridgehead atoms. The molecule has 0 spiro atoms. The van der Waals surface area contributed by atoms with E-state index in [0.29, 0.717) is 13.0 Å². The van der Waals surface area contributed by atoms with Crippen molar-refractivity contribution in [3.63, 3.8) is 0 Å². The zero-order chi connectivity index (χ0) is 13.6. The number of benzene rings is 1. The van der Waals surface area contributed by atoms with Gasteiger partial charge in [-0.2, -0.15) is 13.2 Å². The summed E-state index contributed by atoms with van der Waals surface area (Å²) in [4.78, 5) is 0. The molecule has 18 heavy (non-hydrogen) atoms. The molecule has 0 radical (unpaired) electrons. The van der Waals surface area contributed by atoms with Crippen LogP contribution in [0.1, 0.15) is 17.5 Å². The van der Waals surface area contributed by atoms with Crippen molar-refractivity contribution in [1.29, 1.82) is 0 Å². The molecule has 0 amide bonds. The van der Waals surface area contributed by atoms with Crippen LogP contribution in [0.25, 0.3) is 0 Å². The minimum Gasteiger partial charge on any atom is -0.385 e. The van der Waals surface area contributed by atoms with Crippen LogP contribution in [0, 0.1) is 0 Å². The highest BCUT2D eigenvalue weighted by Gasteiger charge is 2.29. The predicted octanol–water partition coefficient (Wildman–Crippen LogP) is 2.87. The first-order valence-electron chi connectivity index (χ1n) is 5.79. The summed E-state index contributed by atoms with van der Waals surface area (Å²) in [7, 11) is 3.47. The van der Waals surface area contributed by atoms with Gasteiger partial charge in [-0.25, -0.2) is 0 Å². The van der Waals surface area contributed by atoms with Gasteiger partial charge in [-0.05, 0) is 37.6 Å². The second kappa shape index (κ2) is 6.75. The molecule has 1 aromatic carbocycles. The molecule has 0 aromatic heterocycles. The number of halogens is 3. The molecule has 2 nitrogen and oxygen atoms in total. The summed E-state index contributed by atoms with van der Waals surface area (Å²) < 4.78 is 42.1. The summed E-state index contributed by atoms with van der Waals surface area (Å²) in [5.74, 6) is 0. The number of hydrogen-bond donors (Lipinski definition) is 1. The molecular formula is C13H18F3NO. The second-order valence-corrected chi connectivity index (χ2v) is 4.17. The van der Waals surface area contributed by atoms with Crippen molar-refractivity contribution < 1.29 is 17.9 Å². The molecule has 102 valence electrons. The van der Waals surface area contributed by atoms with E-state index < -0.39 is 11.7 Å². The Morgan fingerprint density at radius 2 is 1.83 bits per heavy atom. The van der Waals surface area contributed by atoms with E-state index in [4.69, 9.17) is 4.74 Å². The molecule has 1 aromatic rings. The van der Waals surface area contributed by atoms with Crippen LogP contribution in [0.5, 0.6) is 0 Å². The monoisotopic (exact) mass is 261 g/mol. The normalized spacial score (nSPS) is 13.6. The number of ether oxygens (including phenoxy) is 1. The Morgan fingerprint density at radius 1 is 1.22 bits per heavy atom. The van der Waals surface area contributed by atoms with Gasteiger partial charge in [0.15, 0.2) is 0 Å². The van der Waals surface area contributed by atoms with E-state index in [-0.39, 0.29) is 6.04 Å². The van der Waals surface area contributed by atoms with Crippen molar-refractivity contribution in [2.75, 3.05) is 20.8 Å². The van der Waals surface area contributed by atoms with Gasteiger partial charge >= 0.3 is 6.18 Å². The second-order valence-electron chi connectivity index (χ2n) is 4.17. The van der Waals surface area contributed by atoms with Crippen LogP contribution in [0.4, 0.5) is 13.2 Å². The van der Waals surface area contributed by atoms with E-state index >= 15 is 0 Å². The number of likely N-dealkylation sites (N-methyl/N-ethyl adjacent to an activating group) is 1. The Kier molecular flexibility index (Phi) is 5.62. The summed E-state index contributed by atoms with van der Waals surface area (Å²) in [5.41, 5.74) is 0.280. The molecule has 0 fully saturated rings. The SMILES string of the molecule is CNC(CCOC)Cc1ccc(C(F)(F)F)cc1. The molecule has 1 N–H and O–H groups in total. The summed E-state index contributed by atoms with van der Waals surface area (Å²) >= 11 is 0. The van der Waals surface area contributed by atoms with Crippen LogP contribution in [-0.4, -0.2) is 26.8 Å². The summed E-state index contributed by atoms with van der Waals surface area (Å²) in [5, 5.41) is 3.13. The van der Waals surface area contributed by atoms with Crippen molar-refractivity contribution in [3.05, 3.63) is 35.4 Å².